The van der Waals surface area contributed by atoms with Gasteiger partial charge < -0.3 is 0 Å². The minimum absolute atomic E-state index is 0.0546. The van der Waals surface area contributed by atoms with Crippen LogP contribution in [0.25, 0.3) is 116 Å². The molecule has 3 aliphatic carbocycles. The molecule has 0 fully saturated rings. The van der Waals surface area contributed by atoms with Gasteiger partial charge in [0, 0.05) is 5.92 Å². The highest BCUT2D eigenvalue weighted by molar-refractivity contribution is 6.25. The zero-order valence-electron chi connectivity index (χ0n) is 50.0. The number of fused-ring (bicyclic) bond motifs is 8. The molecule has 0 saturated heterocycles. The summed E-state index contributed by atoms with van der Waals surface area (Å²) in [5.74, 6) is 0.121. The maximum atomic E-state index is 2.68. The Balaban J connectivity index is 1.14. The molecular weight excluding hydrogens is 985 g/mol. The van der Waals surface area contributed by atoms with Crippen molar-refractivity contribution in [2.24, 2.45) is 0 Å². The Hall–Kier alpha value is -8.32. The molecule has 0 amide bonds. The molecule has 0 aromatic heterocycles. The first-order valence-corrected chi connectivity index (χ1v) is 29.9. The van der Waals surface area contributed by atoms with Gasteiger partial charge in [-0.25, -0.2) is 0 Å². The van der Waals surface area contributed by atoms with Crippen LogP contribution in [0, 0.1) is 0 Å². The molecule has 1 atom stereocenters. The quantitative estimate of drug-likeness (QED) is 0.156. The van der Waals surface area contributed by atoms with E-state index in [2.05, 4.69) is 295 Å². The van der Waals surface area contributed by atoms with Gasteiger partial charge >= 0.3 is 0 Å². The van der Waals surface area contributed by atoms with E-state index < -0.39 is 0 Å². The van der Waals surface area contributed by atoms with Crippen LogP contribution >= 0.6 is 0 Å². The molecule has 0 aliphatic heterocycles. The van der Waals surface area contributed by atoms with Crippen LogP contribution in [0.4, 0.5) is 0 Å². The molecule has 0 N–H and O–H groups in total. The summed E-state index contributed by atoms with van der Waals surface area (Å²) in [6, 6.07) is 79.5. The Kier molecular flexibility index (Phi) is 11.8. The van der Waals surface area contributed by atoms with Crippen molar-refractivity contribution in [1.29, 1.82) is 0 Å². The fourth-order valence-corrected chi connectivity index (χ4v) is 14.3. The fraction of sp³-hybridized carbons (Fsp3) is 0.220. The van der Waals surface area contributed by atoms with Gasteiger partial charge in [-0.15, -0.1) is 0 Å². The molecule has 0 heteroatoms. The molecule has 11 aromatic carbocycles. The highest BCUT2D eigenvalue weighted by atomic mass is 14.5. The topological polar surface area (TPSA) is 0 Å². The maximum absolute atomic E-state index is 2.68. The van der Waals surface area contributed by atoms with Gasteiger partial charge in [-0.1, -0.05) is 295 Å². The molecule has 402 valence electrons. The second kappa shape index (κ2) is 18.6. The van der Waals surface area contributed by atoms with Crippen LogP contribution in [0.3, 0.4) is 0 Å². The molecule has 0 nitrogen and oxygen atoms in total. The standard InChI is InChI=1S/C82H74/c1-79(2,3)53-43-51(44-54(47-53)80(4,5)6)69-61-35-23-24-36-62(61)70(52-45-55(81(7,8)9)48-56(46-52)82(10,11)12)76-66-40-42-68-74-67(41-39-65(73(66)74)75(69)76)77-71(59-33-21-19-31-57(59)49-27-15-13-16-28-49)63-37-25-26-38-64(63)72(78(68)77)60-34-22-20-32-58(60)50-29-17-14-18-30-50/h13-39,41-48,66H,40H2,1-12H3. The van der Waals surface area contributed by atoms with E-state index in [0.717, 1.165) is 6.42 Å². The minimum Gasteiger partial charge on any atom is -0.0750 e. The predicted octanol–water partition coefficient (Wildman–Crippen LogP) is 23.1. The highest BCUT2D eigenvalue weighted by Gasteiger charge is 2.45. The number of benzene rings is 11. The van der Waals surface area contributed by atoms with Crippen LogP contribution in [0.1, 0.15) is 140 Å². The lowest BCUT2D eigenvalue weighted by Gasteiger charge is -2.29. The Morgan fingerprint density at radius 1 is 0.256 bits per heavy atom. The van der Waals surface area contributed by atoms with Crippen molar-refractivity contribution in [3.8, 4) is 89.0 Å². The van der Waals surface area contributed by atoms with Crippen LogP contribution in [0.15, 0.2) is 212 Å². The number of hydrogen-bond donors (Lipinski definition) is 0. The summed E-state index contributed by atoms with van der Waals surface area (Å²) in [5, 5.41) is 5.19. The van der Waals surface area contributed by atoms with E-state index in [0.29, 0.717) is 0 Å². The van der Waals surface area contributed by atoms with E-state index in [1.54, 1.807) is 0 Å². The summed E-state index contributed by atoms with van der Waals surface area (Å²) >= 11 is 0. The van der Waals surface area contributed by atoms with Gasteiger partial charge in [0.15, 0.2) is 0 Å². The van der Waals surface area contributed by atoms with Gasteiger partial charge in [0.2, 0.25) is 0 Å². The largest absolute Gasteiger partial charge is 0.0750 e. The highest BCUT2D eigenvalue weighted by Crippen LogP contribution is 2.66. The number of rotatable bonds is 6. The lowest BCUT2D eigenvalue weighted by atomic mass is 9.74. The summed E-state index contributed by atoms with van der Waals surface area (Å²) in [7, 11) is 0. The molecule has 11 aromatic rings. The van der Waals surface area contributed by atoms with Crippen molar-refractivity contribution < 1.29 is 0 Å². The third kappa shape index (κ3) is 8.14. The summed E-state index contributed by atoms with van der Waals surface area (Å²) in [6.07, 6.45) is 3.57. The van der Waals surface area contributed by atoms with Crippen LogP contribution in [0.5, 0.6) is 0 Å². The lowest BCUT2D eigenvalue weighted by molar-refractivity contribution is 0.568. The van der Waals surface area contributed by atoms with Crippen molar-refractivity contribution in [2.75, 3.05) is 0 Å². The summed E-state index contributed by atoms with van der Waals surface area (Å²) < 4.78 is 0. The van der Waals surface area contributed by atoms with Crippen molar-refractivity contribution in [2.45, 2.75) is 117 Å². The van der Waals surface area contributed by atoms with Crippen LogP contribution in [-0.4, -0.2) is 0 Å². The smallest absolute Gasteiger partial charge is 0.0149 e. The van der Waals surface area contributed by atoms with Gasteiger partial charge in [0.25, 0.3) is 0 Å². The molecule has 0 radical (unpaired) electrons. The normalized spacial score (nSPS) is 14.5. The van der Waals surface area contributed by atoms with E-state index in [1.165, 1.54) is 161 Å². The predicted molar refractivity (Wildman–Crippen MR) is 353 cm³/mol. The third-order valence-electron chi connectivity index (χ3n) is 18.5. The molecule has 0 heterocycles. The molecule has 82 heavy (non-hydrogen) atoms. The molecule has 0 spiro atoms. The SMILES string of the molecule is CC(C)(C)c1cc(-c2c3c(c(-c4cc(C(C)(C)C)cc(C(C)(C)C)c4)c4ccccc24)C2CC=C4c5c(ccc-3c52)-c2c4c(-c3ccccc3-c3ccccc3)c3ccccc3c2-c2ccccc2-c2ccccc2)cc(C(C)(C)C)c1. The molecule has 0 saturated carbocycles. The van der Waals surface area contributed by atoms with Gasteiger partial charge in [0.1, 0.15) is 0 Å². The van der Waals surface area contributed by atoms with E-state index in [-0.39, 0.29) is 27.6 Å². The van der Waals surface area contributed by atoms with Crippen molar-refractivity contribution >= 4 is 27.1 Å². The summed E-state index contributed by atoms with van der Waals surface area (Å²) in [5.41, 5.74) is 33.3. The van der Waals surface area contributed by atoms with Crippen molar-refractivity contribution in [3.05, 3.63) is 257 Å². The summed E-state index contributed by atoms with van der Waals surface area (Å²) in [6.45, 7) is 28.6. The number of allylic oxidation sites excluding steroid dienone is 1. The van der Waals surface area contributed by atoms with Crippen LogP contribution in [0.2, 0.25) is 0 Å². The van der Waals surface area contributed by atoms with Gasteiger partial charge in [0.05, 0.1) is 0 Å². The van der Waals surface area contributed by atoms with Gasteiger partial charge in [-0.05, 0) is 189 Å². The molecular formula is C82H74. The first-order valence-electron chi connectivity index (χ1n) is 29.9. The Bertz CT molecular complexity index is 4410. The average Bonchev–Trinajstić information content (AvgIpc) is 1.78. The fourth-order valence-electron chi connectivity index (χ4n) is 14.3. The monoisotopic (exact) mass is 1060 g/mol. The van der Waals surface area contributed by atoms with E-state index in [9.17, 15) is 0 Å². The van der Waals surface area contributed by atoms with E-state index >= 15 is 0 Å². The minimum atomic E-state index is -0.0579. The lowest BCUT2D eigenvalue weighted by Crippen LogP contribution is -2.17. The number of hydrogen-bond acceptors (Lipinski definition) is 0. The van der Waals surface area contributed by atoms with Gasteiger partial charge in [-0.3, -0.25) is 0 Å². The van der Waals surface area contributed by atoms with E-state index in [1.807, 2.05) is 0 Å². The first kappa shape index (κ1) is 51.8. The zero-order valence-corrected chi connectivity index (χ0v) is 50.0. The maximum Gasteiger partial charge on any atom is 0.0149 e. The molecule has 1 unspecified atom stereocenters. The molecule has 14 rings (SSSR count). The Morgan fingerprint density at radius 2 is 0.622 bits per heavy atom. The Labute approximate surface area is 487 Å². The zero-order chi connectivity index (χ0) is 56.8. The van der Waals surface area contributed by atoms with E-state index in [4.69, 9.17) is 0 Å². The second-order valence-corrected chi connectivity index (χ2v) is 27.9. The Morgan fingerprint density at radius 3 is 1.07 bits per heavy atom. The van der Waals surface area contributed by atoms with Crippen molar-refractivity contribution in [1.82, 2.24) is 0 Å². The van der Waals surface area contributed by atoms with Crippen LogP contribution < -0.4 is 0 Å². The van der Waals surface area contributed by atoms with Gasteiger partial charge in [-0.2, -0.15) is 0 Å². The third-order valence-corrected chi connectivity index (χ3v) is 18.5. The van der Waals surface area contributed by atoms with Crippen LogP contribution in [-0.2, 0) is 21.7 Å². The van der Waals surface area contributed by atoms with Crippen molar-refractivity contribution in [3.63, 3.8) is 0 Å². The first-order chi connectivity index (χ1) is 39.3. The summed E-state index contributed by atoms with van der Waals surface area (Å²) in [4.78, 5) is 0. The second-order valence-electron chi connectivity index (χ2n) is 27.9. The molecule has 0 bridgehead atoms. The molecule has 3 aliphatic rings. The average molecular weight is 1060 g/mol.